The smallest absolute Gasteiger partial charge is 0.275 e. The van der Waals surface area contributed by atoms with E-state index in [2.05, 4.69) is 20.6 Å². The van der Waals surface area contributed by atoms with Crippen LogP contribution in [0.3, 0.4) is 0 Å². The van der Waals surface area contributed by atoms with Crippen LogP contribution < -0.4 is 10.6 Å². The Bertz CT molecular complexity index is 867. The number of hydrogen-bond acceptors (Lipinski definition) is 4. The summed E-state index contributed by atoms with van der Waals surface area (Å²) in [6.07, 6.45) is 4.32. The van der Waals surface area contributed by atoms with Crippen molar-refractivity contribution in [3.63, 3.8) is 0 Å². The Balaban J connectivity index is 1.64. The Morgan fingerprint density at radius 1 is 0.920 bits per heavy atom. The zero-order chi connectivity index (χ0) is 17.5. The monoisotopic (exact) mass is 332 g/mol. The van der Waals surface area contributed by atoms with Crippen LogP contribution in [0.2, 0.25) is 0 Å². The highest BCUT2D eigenvalue weighted by atomic mass is 16.2. The van der Waals surface area contributed by atoms with Gasteiger partial charge >= 0.3 is 0 Å². The first-order chi connectivity index (χ1) is 12.2. The average Bonchev–Trinajstić information content (AvgIpc) is 2.68. The largest absolute Gasteiger partial charge is 0.348 e. The zero-order valence-corrected chi connectivity index (χ0v) is 13.3. The molecule has 2 N–H and O–H groups in total. The van der Waals surface area contributed by atoms with Crippen molar-refractivity contribution >= 4 is 17.5 Å². The minimum absolute atomic E-state index is 0.209. The topological polar surface area (TPSA) is 84.0 Å². The van der Waals surface area contributed by atoms with E-state index < -0.39 is 0 Å². The van der Waals surface area contributed by atoms with E-state index in [1.807, 2.05) is 30.3 Å². The van der Waals surface area contributed by atoms with E-state index in [0.717, 1.165) is 5.56 Å². The number of rotatable bonds is 5. The number of hydrogen-bond donors (Lipinski definition) is 2. The van der Waals surface area contributed by atoms with Gasteiger partial charge in [0.05, 0.1) is 6.20 Å². The Morgan fingerprint density at radius 3 is 2.52 bits per heavy atom. The summed E-state index contributed by atoms with van der Waals surface area (Å²) in [5, 5.41) is 5.56. The van der Waals surface area contributed by atoms with Crippen molar-refractivity contribution in [1.82, 2.24) is 15.3 Å². The molecule has 0 saturated heterocycles. The van der Waals surface area contributed by atoms with E-state index >= 15 is 0 Å². The van der Waals surface area contributed by atoms with Gasteiger partial charge in [-0.2, -0.15) is 0 Å². The first-order valence-corrected chi connectivity index (χ1v) is 7.72. The van der Waals surface area contributed by atoms with Crippen molar-refractivity contribution in [1.29, 1.82) is 0 Å². The normalized spacial score (nSPS) is 10.1. The van der Waals surface area contributed by atoms with Crippen molar-refractivity contribution < 1.29 is 9.59 Å². The van der Waals surface area contributed by atoms with E-state index in [0.29, 0.717) is 17.8 Å². The van der Waals surface area contributed by atoms with Gasteiger partial charge in [-0.25, -0.2) is 4.98 Å². The van der Waals surface area contributed by atoms with E-state index in [9.17, 15) is 9.59 Å². The molecule has 124 valence electrons. The predicted molar refractivity (Wildman–Crippen MR) is 94.0 cm³/mol. The molecule has 0 spiro atoms. The molecular formula is C19H16N4O2. The minimum atomic E-state index is -0.380. The summed E-state index contributed by atoms with van der Waals surface area (Å²) in [7, 11) is 0. The number of aromatic nitrogens is 2. The summed E-state index contributed by atoms with van der Waals surface area (Å²) in [6, 6.07) is 16.4. The molecule has 0 aliphatic rings. The fourth-order valence-corrected chi connectivity index (χ4v) is 2.23. The van der Waals surface area contributed by atoms with Gasteiger partial charge in [0.2, 0.25) is 0 Å². The maximum Gasteiger partial charge on any atom is 0.275 e. The number of carbonyl (C=O) groups is 2. The Labute approximate surface area is 145 Å². The highest BCUT2D eigenvalue weighted by Gasteiger charge is 2.10. The van der Waals surface area contributed by atoms with Gasteiger partial charge in [-0.1, -0.05) is 36.4 Å². The molecule has 1 aromatic heterocycles. The molecule has 0 aliphatic heterocycles. The highest BCUT2D eigenvalue weighted by Crippen LogP contribution is 2.12. The van der Waals surface area contributed by atoms with Gasteiger partial charge in [-0.3, -0.25) is 14.6 Å². The van der Waals surface area contributed by atoms with Crippen LogP contribution in [0.1, 0.15) is 26.4 Å². The molecule has 0 bridgehead atoms. The molecule has 2 aromatic carbocycles. The Kier molecular flexibility index (Phi) is 5.11. The number of amides is 2. The predicted octanol–water partition coefficient (Wildman–Crippen LogP) is 2.66. The molecule has 25 heavy (non-hydrogen) atoms. The van der Waals surface area contributed by atoms with E-state index in [-0.39, 0.29) is 17.5 Å². The van der Waals surface area contributed by atoms with Gasteiger partial charge in [0, 0.05) is 30.2 Å². The lowest BCUT2D eigenvalue weighted by Crippen LogP contribution is -2.23. The quantitative estimate of drug-likeness (QED) is 0.752. The molecule has 0 radical (unpaired) electrons. The molecular weight excluding hydrogens is 316 g/mol. The maximum absolute atomic E-state index is 12.3. The van der Waals surface area contributed by atoms with Crippen molar-refractivity contribution in [2.24, 2.45) is 0 Å². The first kappa shape index (κ1) is 16.3. The van der Waals surface area contributed by atoms with Crippen molar-refractivity contribution in [3.8, 4) is 0 Å². The number of nitrogens with zero attached hydrogens (tertiary/aromatic N) is 2. The Morgan fingerprint density at radius 2 is 1.76 bits per heavy atom. The summed E-state index contributed by atoms with van der Waals surface area (Å²) < 4.78 is 0. The van der Waals surface area contributed by atoms with Crippen LogP contribution >= 0.6 is 0 Å². The lowest BCUT2D eigenvalue weighted by Gasteiger charge is -2.08. The molecule has 0 fully saturated rings. The van der Waals surface area contributed by atoms with Crippen LogP contribution in [0.4, 0.5) is 5.69 Å². The molecule has 3 rings (SSSR count). The summed E-state index contributed by atoms with van der Waals surface area (Å²) in [4.78, 5) is 32.2. The molecule has 1 heterocycles. The second-order valence-corrected chi connectivity index (χ2v) is 5.29. The van der Waals surface area contributed by atoms with Crippen molar-refractivity contribution in [3.05, 3.63) is 90.0 Å². The highest BCUT2D eigenvalue weighted by molar-refractivity contribution is 6.03. The van der Waals surface area contributed by atoms with Gasteiger partial charge in [0.1, 0.15) is 5.69 Å². The molecule has 2 amide bonds. The molecule has 0 unspecified atom stereocenters. The third kappa shape index (κ3) is 4.48. The van der Waals surface area contributed by atoms with Crippen LogP contribution in [-0.2, 0) is 6.54 Å². The average molecular weight is 332 g/mol. The second-order valence-electron chi connectivity index (χ2n) is 5.29. The summed E-state index contributed by atoms with van der Waals surface area (Å²) >= 11 is 0. The van der Waals surface area contributed by atoms with Crippen LogP contribution in [0.15, 0.2) is 73.2 Å². The van der Waals surface area contributed by atoms with Gasteiger partial charge in [-0.15, -0.1) is 0 Å². The molecule has 0 saturated carbocycles. The van der Waals surface area contributed by atoms with Crippen LogP contribution in [0, 0.1) is 0 Å². The second kappa shape index (κ2) is 7.83. The SMILES string of the molecule is O=C(NCc1ccccc1)c1cccc(NC(=O)c2cnccn2)c1. The standard InChI is InChI=1S/C19H16N4O2/c24-18(22-12-14-5-2-1-3-6-14)15-7-4-8-16(11-15)23-19(25)17-13-20-9-10-21-17/h1-11,13H,12H2,(H,22,24)(H,23,25). The number of nitrogens with one attached hydrogen (secondary N) is 2. The van der Waals surface area contributed by atoms with Gasteiger partial charge in [0.25, 0.3) is 11.8 Å². The van der Waals surface area contributed by atoms with E-state index in [1.54, 1.807) is 24.3 Å². The lowest BCUT2D eigenvalue weighted by molar-refractivity contribution is 0.0949. The maximum atomic E-state index is 12.3. The molecule has 0 aliphatic carbocycles. The molecule has 3 aromatic rings. The summed E-state index contributed by atoms with van der Waals surface area (Å²) in [5.74, 6) is -0.589. The number of benzene rings is 2. The van der Waals surface area contributed by atoms with E-state index in [4.69, 9.17) is 0 Å². The Hall–Kier alpha value is -3.54. The third-order valence-electron chi connectivity index (χ3n) is 3.47. The summed E-state index contributed by atoms with van der Waals surface area (Å²) in [6.45, 7) is 0.440. The van der Waals surface area contributed by atoms with E-state index in [1.165, 1.54) is 18.6 Å². The fraction of sp³-hybridized carbons (Fsp3) is 0.0526. The minimum Gasteiger partial charge on any atom is -0.348 e. The summed E-state index contributed by atoms with van der Waals surface area (Å²) in [5.41, 5.74) is 2.21. The molecule has 6 nitrogen and oxygen atoms in total. The van der Waals surface area contributed by atoms with Gasteiger partial charge in [0.15, 0.2) is 0 Å². The van der Waals surface area contributed by atoms with Crippen molar-refractivity contribution in [2.75, 3.05) is 5.32 Å². The molecule has 0 atom stereocenters. The van der Waals surface area contributed by atoms with Crippen LogP contribution in [0.25, 0.3) is 0 Å². The number of anilines is 1. The first-order valence-electron chi connectivity index (χ1n) is 7.72. The van der Waals surface area contributed by atoms with Gasteiger partial charge in [-0.05, 0) is 23.8 Å². The number of carbonyl (C=O) groups excluding carboxylic acids is 2. The fourth-order valence-electron chi connectivity index (χ4n) is 2.23. The third-order valence-corrected chi connectivity index (χ3v) is 3.47. The van der Waals surface area contributed by atoms with Crippen LogP contribution in [0.5, 0.6) is 0 Å². The van der Waals surface area contributed by atoms with Crippen molar-refractivity contribution in [2.45, 2.75) is 6.54 Å². The lowest BCUT2D eigenvalue weighted by atomic mass is 10.1. The van der Waals surface area contributed by atoms with Crippen LogP contribution in [-0.4, -0.2) is 21.8 Å². The zero-order valence-electron chi connectivity index (χ0n) is 13.3. The molecule has 6 heteroatoms. The van der Waals surface area contributed by atoms with Gasteiger partial charge < -0.3 is 10.6 Å².